The maximum Gasteiger partial charge on any atom is 0.490 e. The Morgan fingerprint density at radius 3 is 2.68 bits per heavy atom. The van der Waals surface area contributed by atoms with E-state index in [1.807, 2.05) is 23.1 Å². The van der Waals surface area contributed by atoms with E-state index in [0.717, 1.165) is 19.4 Å². The minimum absolute atomic E-state index is 0.0289. The summed E-state index contributed by atoms with van der Waals surface area (Å²) in [6, 6.07) is 5.67. The normalized spacial score (nSPS) is 22.5. The van der Waals surface area contributed by atoms with Gasteiger partial charge in [0.15, 0.2) is 6.39 Å². The van der Waals surface area contributed by atoms with Gasteiger partial charge in [-0.05, 0) is 31.7 Å². The van der Waals surface area contributed by atoms with Crippen LogP contribution >= 0.6 is 0 Å². The minimum atomic E-state index is -5.08. The number of rotatable bonds is 4. The topological polar surface area (TPSA) is 106 Å². The van der Waals surface area contributed by atoms with Gasteiger partial charge < -0.3 is 19.2 Å². The molecule has 0 radical (unpaired) electrons. The number of likely N-dealkylation sites (tertiary alicyclic amines) is 1. The van der Waals surface area contributed by atoms with Crippen LogP contribution in [0.3, 0.4) is 0 Å². The average molecular weight is 441 g/mol. The number of amides is 1. The molecule has 0 spiro atoms. The number of fused-ring (bicyclic) bond motifs is 1. The Bertz CT molecular complexity index is 918. The molecular formula is C20H22F3N3O5. The van der Waals surface area contributed by atoms with Gasteiger partial charge in [0.25, 0.3) is 5.91 Å². The highest BCUT2D eigenvalue weighted by Gasteiger charge is 2.51. The number of carboxylic acid groups (broad SMARTS) is 1. The molecule has 0 unspecified atom stereocenters. The first-order chi connectivity index (χ1) is 14.6. The van der Waals surface area contributed by atoms with Crippen molar-refractivity contribution >= 4 is 11.9 Å². The number of pyridine rings is 1. The number of hydrogen-bond donors (Lipinski definition) is 1. The second-order valence-electron chi connectivity index (χ2n) is 7.66. The van der Waals surface area contributed by atoms with Crippen LogP contribution in [0.1, 0.15) is 35.5 Å². The molecule has 2 aromatic rings. The Labute approximate surface area is 176 Å². The van der Waals surface area contributed by atoms with Crippen molar-refractivity contribution in [3.63, 3.8) is 0 Å². The zero-order chi connectivity index (χ0) is 22.6. The zero-order valence-corrected chi connectivity index (χ0v) is 16.8. The van der Waals surface area contributed by atoms with Crippen molar-refractivity contribution in [3.8, 4) is 5.88 Å². The van der Waals surface area contributed by atoms with E-state index in [2.05, 4.69) is 9.97 Å². The number of oxazole rings is 1. The highest BCUT2D eigenvalue weighted by Crippen LogP contribution is 2.49. The van der Waals surface area contributed by atoms with Crippen LogP contribution in [0.5, 0.6) is 5.88 Å². The van der Waals surface area contributed by atoms with Crippen molar-refractivity contribution in [1.29, 1.82) is 0 Å². The predicted octanol–water partition coefficient (Wildman–Crippen LogP) is 3.33. The lowest BCUT2D eigenvalue weighted by molar-refractivity contribution is -0.192. The lowest BCUT2D eigenvalue weighted by Crippen LogP contribution is -2.35. The molecule has 168 valence electrons. The molecule has 31 heavy (non-hydrogen) atoms. The number of aromatic nitrogens is 2. The van der Waals surface area contributed by atoms with E-state index in [1.54, 1.807) is 13.1 Å². The second-order valence-corrected chi connectivity index (χ2v) is 7.66. The second kappa shape index (κ2) is 8.94. The van der Waals surface area contributed by atoms with Crippen LogP contribution in [-0.2, 0) is 4.79 Å². The fourth-order valence-corrected chi connectivity index (χ4v) is 4.11. The fourth-order valence-electron chi connectivity index (χ4n) is 4.11. The van der Waals surface area contributed by atoms with Crippen LogP contribution in [0, 0.1) is 18.3 Å². The molecule has 8 nitrogen and oxygen atoms in total. The highest BCUT2D eigenvalue weighted by atomic mass is 19.4. The number of carbonyl (C=O) groups is 2. The molecule has 1 aliphatic heterocycles. The predicted molar refractivity (Wildman–Crippen MR) is 100 cm³/mol. The van der Waals surface area contributed by atoms with Crippen molar-refractivity contribution < 1.29 is 37.0 Å². The number of nitrogens with zero attached hydrogens (tertiary/aromatic N) is 3. The van der Waals surface area contributed by atoms with Crippen molar-refractivity contribution in [2.24, 2.45) is 11.3 Å². The maximum absolute atomic E-state index is 12.7. The molecule has 1 saturated carbocycles. The van der Waals surface area contributed by atoms with Crippen molar-refractivity contribution in [2.75, 3.05) is 19.7 Å². The molecule has 1 saturated heterocycles. The first-order valence-corrected chi connectivity index (χ1v) is 9.66. The first kappa shape index (κ1) is 22.6. The third-order valence-corrected chi connectivity index (χ3v) is 5.65. The summed E-state index contributed by atoms with van der Waals surface area (Å²) in [5, 5.41) is 7.12. The van der Waals surface area contributed by atoms with Crippen LogP contribution in [0.4, 0.5) is 13.2 Å². The van der Waals surface area contributed by atoms with E-state index in [9.17, 15) is 18.0 Å². The molecule has 2 aliphatic rings. The molecule has 0 bridgehead atoms. The molecule has 1 N–H and O–H groups in total. The van der Waals surface area contributed by atoms with Crippen molar-refractivity contribution in [3.05, 3.63) is 42.2 Å². The third-order valence-electron chi connectivity index (χ3n) is 5.65. The molecular weight excluding hydrogens is 419 g/mol. The van der Waals surface area contributed by atoms with E-state index >= 15 is 0 Å². The Morgan fingerprint density at radius 1 is 1.35 bits per heavy atom. The van der Waals surface area contributed by atoms with Gasteiger partial charge in [-0.15, -0.1) is 0 Å². The summed E-state index contributed by atoms with van der Waals surface area (Å²) in [6.45, 7) is 3.88. The van der Waals surface area contributed by atoms with Gasteiger partial charge >= 0.3 is 12.1 Å². The number of aliphatic carboxylic acids is 1. The molecule has 1 amide bonds. The Hall–Kier alpha value is -3.11. The van der Waals surface area contributed by atoms with E-state index in [4.69, 9.17) is 19.1 Å². The van der Waals surface area contributed by atoms with Crippen LogP contribution < -0.4 is 4.74 Å². The van der Waals surface area contributed by atoms with Gasteiger partial charge in [0.05, 0.1) is 12.3 Å². The number of alkyl halides is 3. The van der Waals surface area contributed by atoms with Gasteiger partial charge in [-0.25, -0.2) is 14.8 Å². The molecule has 2 atom stereocenters. The lowest BCUT2D eigenvalue weighted by Gasteiger charge is -2.28. The number of carboxylic acids is 1. The SMILES string of the molecule is Cc1ncoc1C(=O)N1C[C@H]2CCC[C@@]2(COc2ccccn2)C1.O=C(O)C(F)(F)F. The largest absolute Gasteiger partial charge is 0.490 e. The van der Waals surface area contributed by atoms with Crippen molar-refractivity contribution in [2.45, 2.75) is 32.4 Å². The number of hydrogen-bond acceptors (Lipinski definition) is 6. The molecule has 11 heteroatoms. The summed E-state index contributed by atoms with van der Waals surface area (Å²) in [5.41, 5.74) is 0.678. The molecule has 4 rings (SSSR count). The summed E-state index contributed by atoms with van der Waals surface area (Å²) in [4.78, 5) is 31.8. The van der Waals surface area contributed by atoms with Crippen LogP contribution in [0.15, 0.2) is 35.2 Å². The first-order valence-electron chi connectivity index (χ1n) is 9.66. The molecule has 2 aromatic heterocycles. The molecule has 1 aliphatic carbocycles. The Morgan fingerprint density at radius 2 is 2.10 bits per heavy atom. The van der Waals surface area contributed by atoms with E-state index in [1.165, 1.54) is 12.8 Å². The monoisotopic (exact) mass is 441 g/mol. The van der Waals surface area contributed by atoms with E-state index < -0.39 is 12.1 Å². The lowest BCUT2D eigenvalue weighted by atomic mass is 9.81. The van der Waals surface area contributed by atoms with E-state index in [-0.39, 0.29) is 11.3 Å². The molecule has 2 fully saturated rings. The summed E-state index contributed by atoms with van der Waals surface area (Å²) < 4.78 is 43.0. The summed E-state index contributed by atoms with van der Waals surface area (Å²) >= 11 is 0. The molecule has 0 aromatic carbocycles. The summed E-state index contributed by atoms with van der Waals surface area (Å²) in [6.07, 6.45) is 1.41. The summed E-state index contributed by atoms with van der Waals surface area (Å²) in [7, 11) is 0. The Balaban J connectivity index is 0.000000339. The summed E-state index contributed by atoms with van der Waals surface area (Å²) in [5.74, 6) is -1.33. The van der Waals surface area contributed by atoms with Gasteiger partial charge in [-0.3, -0.25) is 4.79 Å². The van der Waals surface area contributed by atoms with Gasteiger partial charge in [0.2, 0.25) is 11.6 Å². The van der Waals surface area contributed by atoms with Crippen LogP contribution in [0.25, 0.3) is 0 Å². The van der Waals surface area contributed by atoms with Crippen LogP contribution in [-0.4, -0.2) is 57.7 Å². The standard InChI is InChI=1S/C18H21N3O3.C2HF3O2/c1-13-16(24-12-20-13)17(22)21-9-14-5-4-7-18(14,10-21)11-23-15-6-2-3-8-19-15;3-2(4,5)1(6)7/h2-3,6,8,12,14H,4-5,7,9-11H2,1H3;(H,6,7)/t14-,18+;/m1./s1. The smallest absolute Gasteiger partial charge is 0.477 e. The van der Waals surface area contributed by atoms with Crippen molar-refractivity contribution in [1.82, 2.24) is 14.9 Å². The molecule has 3 heterocycles. The van der Waals surface area contributed by atoms with Gasteiger partial charge in [-0.1, -0.05) is 12.5 Å². The number of carbonyl (C=O) groups excluding carboxylic acids is 1. The number of ether oxygens (including phenoxy) is 1. The average Bonchev–Trinajstić information content (AvgIpc) is 3.40. The quantitative estimate of drug-likeness (QED) is 0.776. The number of aryl methyl sites for hydroxylation is 1. The van der Waals surface area contributed by atoms with Gasteiger partial charge in [0, 0.05) is 30.8 Å². The maximum atomic E-state index is 12.7. The third kappa shape index (κ3) is 5.15. The van der Waals surface area contributed by atoms with Gasteiger partial charge in [-0.2, -0.15) is 13.2 Å². The highest BCUT2D eigenvalue weighted by molar-refractivity contribution is 5.92. The number of halogens is 3. The minimum Gasteiger partial charge on any atom is -0.477 e. The van der Waals surface area contributed by atoms with E-state index in [0.29, 0.717) is 36.4 Å². The van der Waals surface area contributed by atoms with Crippen LogP contribution in [0.2, 0.25) is 0 Å². The Kier molecular flexibility index (Phi) is 6.51. The fraction of sp³-hybridized carbons (Fsp3) is 0.500. The zero-order valence-electron chi connectivity index (χ0n) is 16.8. The van der Waals surface area contributed by atoms with Gasteiger partial charge in [0.1, 0.15) is 0 Å².